The third-order valence-electron chi connectivity index (χ3n) is 6.13. The molecule has 152 valence electrons. The molecule has 0 aliphatic carbocycles. The van der Waals surface area contributed by atoms with Crippen molar-refractivity contribution in [3.05, 3.63) is 29.5 Å². The Morgan fingerprint density at radius 2 is 1.75 bits per heavy atom. The lowest BCUT2D eigenvalue weighted by Crippen LogP contribution is -2.38. The van der Waals surface area contributed by atoms with Crippen molar-refractivity contribution in [2.45, 2.75) is 50.8 Å². The predicted molar refractivity (Wildman–Crippen MR) is 108 cm³/mol. The molecule has 2 aliphatic rings. The quantitative estimate of drug-likeness (QED) is 0.780. The standard InChI is InChI=1S/C21H28N2O4S/c1-15-8-12-22(13-9-15)21(24)20-16(2)18-14-17(6-7-19(18)27-20)28(25,26)23-10-4-3-5-11-23/h6-7,14-15H,3-5,8-13H2,1-2H3. The third-order valence-corrected chi connectivity index (χ3v) is 8.02. The van der Waals surface area contributed by atoms with Crippen molar-refractivity contribution in [2.75, 3.05) is 26.2 Å². The van der Waals surface area contributed by atoms with Crippen molar-refractivity contribution in [1.29, 1.82) is 0 Å². The maximum Gasteiger partial charge on any atom is 0.289 e. The summed E-state index contributed by atoms with van der Waals surface area (Å²) in [4.78, 5) is 15.0. The number of amides is 1. The average Bonchev–Trinajstić information content (AvgIpc) is 3.05. The first-order valence-corrected chi connectivity index (χ1v) is 11.6. The van der Waals surface area contributed by atoms with Crippen molar-refractivity contribution in [3.63, 3.8) is 0 Å². The second-order valence-electron chi connectivity index (χ2n) is 8.15. The highest BCUT2D eigenvalue weighted by molar-refractivity contribution is 7.89. The van der Waals surface area contributed by atoms with Gasteiger partial charge in [0.15, 0.2) is 5.76 Å². The summed E-state index contributed by atoms with van der Waals surface area (Å²) in [5.41, 5.74) is 1.28. The van der Waals surface area contributed by atoms with E-state index in [-0.39, 0.29) is 10.8 Å². The highest BCUT2D eigenvalue weighted by atomic mass is 32.2. The summed E-state index contributed by atoms with van der Waals surface area (Å²) in [5, 5.41) is 0.701. The minimum atomic E-state index is -3.51. The SMILES string of the molecule is Cc1c(C(=O)N2CCC(C)CC2)oc2ccc(S(=O)(=O)N3CCCCC3)cc12. The van der Waals surface area contributed by atoms with E-state index in [1.54, 1.807) is 22.5 Å². The van der Waals surface area contributed by atoms with Gasteiger partial charge in [0.1, 0.15) is 5.58 Å². The molecule has 2 saturated heterocycles. The van der Waals surface area contributed by atoms with Crippen molar-refractivity contribution >= 4 is 26.9 Å². The number of hydrogen-bond donors (Lipinski definition) is 0. The van der Waals surface area contributed by atoms with Crippen LogP contribution < -0.4 is 0 Å². The van der Waals surface area contributed by atoms with Crippen LogP contribution in [0.25, 0.3) is 11.0 Å². The molecule has 0 spiro atoms. The molecule has 28 heavy (non-hydrogen) atoms. The van der Waals surface area contributed by atoms with Gasteiger partial charge in [-0.2, -0.15) is 4.31 Å². The minimum absolute atomic E-state index is 0.0963. The lowest BCUT2D eigenvalue weighted by Gasteiger charge is -2.29. The zero-order valence-corrected chi connectivity index (χ0v) is 17.4. The largest absolute Gasteiger partial charge is 0.451 e. The summed E-state index contributed by atoms with van der Waals surface area (Å²) in [6.07, 6.45) is 4.89. The summed E-state index contributed by atoms with van der Waals surface area (Å²) >= 11 is 0. The number of benzene rings is 1. The van der Waals surface area contributed by atoms with Gasteiger partial charge in [-0.25, -0.2) is 8.42 Å². The Morgan fingerprint density at radius 1 is 1.07 bits per heavy atom. The number of carbonyl (C=O) groups excluding carboxylic acids is 1. The van der Waals surface area contributed by atoms with E-state index in [1.807, 2.05) is 11.8 Å². The number of nitrogens with zero attached hydrogens (tertiary/aromatic N) is 2. The molecule has 2 aliphatic heterocycles. The second-order valence-corrected chi connectivity index (χ2v) is 10.1. The average molecular weight is 405 g/mol. The van der Waals surface area contributed by atoms with E-state index < -0.39 is 10.0 Å². The van der Waals surface area contributed by atoms with E-state index in [9.17, 15) is 13.2 Å². The van der Waals surface area contributed by atoms with E-state index in [0.29, 0.717) is 41.3 Å². The van der Waals surface area contributed by atoms with E-state index in [1.165, 1.54) is 0 Å². The van der Waals surface area contributed by atoms with Gasteiger partial charge >= 0.3 is 0 Å². The van der Waals surface area contributed by atoms with Gasteiger partial charge in [-0.1, -0.05) is 13.3 Å². The van der Waals surface area contributed by atoms with Gasteiger partial charge in [0.05, 0.1) is 4.90 Å². The Kier molecular flexibility index (Phi) is 5.22. The summed E-state index contributed by atoms with van der Waals surface area (Å²) in [5.74, 6) is 0.876. The molecule has 4 rings (SSSR count). The summed E-state index contributed by atoms with van der Waals surface area (Å²) in [6.45, 7) is 6.67. The van der Waals surface area contributed by atoms with Crippen molar-refractivity contribution in [2.24, 2.45) is 5.92 Å². The Labute approximate surface area is 166 Å². The zero-order chi connectivity index (χ0) is 19.9. The molecule has 6 nitrogen and oxygen atoms in total. The van der Waals surface area contributed by atoms with Crippen LogP contribution >= 0.6 is 0 Å². The number of fused-ring (bicyclic) bond motifs is 1. The van der Waals surface area contributed by atoms with Crippen LogP contribution in [0.4, 0.5) is 0 Å². The number of sulfonamides is 1. The van der Waals surface area contributed by atoms with E-state index >= 15 is 0 Å². The number of piperidine rings is 2. The second kappa shape index (κ2) is 7.52. The van der Waals surface area contributed by atoms with Crippen LogP contribution in [0.15, 0.2) is 27.5 Å². The number of rotatable bonds is 3. The molecule has 2 fully saturated rings. The molecule has 7 heteroatoms. The normalized spacial score (nSPS) is 20.0. The molecule has 2 aromatic rings. The molecule has 0 bridgehead atoms. The maximum absolute atomic E-state index is 13.0. The van der Waals surface area contributed by atoms with Crippen LogP contribution in [-0.4, -0.2) is 49.7 Å². The van der Waals surface area contributed by atoms with Crippen LogP contribution in [0.5, 0.6) is 0 Å². The lowest BCUT2D eigenvalue weighted by molar-refractivity contribution is 0.0666. The predicted octanol–water partition coefficient (Wildman–Crippen LogP) is 3.79. The lowest BCUT2D eigenvalue weighted by atomic mass is 9.99. The van der Waals surface area contributed by atoms with Gasteiger partial charge in [0.25, 0.3) is 5.91 Å². The maximum atomic E-state index is 13.0. The number of likely N-dealkylation sites (tertiary alicyclic amines) is 1. The van der Waals surface area contributed by atoms with Gasteiger partial charge in [-0.3, -0.25) is 4.79 Å². The molecule has 1 amide bonds. The van der Waals surface area contributed by atoms with Crippen LogP contribution in [0.3, 0.4) is 0 Å². The van der Waals surface area contributed by atoms with Crippen LogP contribution in [0.1, 0.15) is 55.1 Å². The molecule has 0 radical (unpaired) electrons. The van der Waals surface area contributed by atoms with Crippen LogP contribution in [0.2, 0.25) is 0 Å². The zero-order valence-electron chi connectivity index (χ0n) is 16.6. The fraction of sp³-hybridized carbons (Fsp3) is 0.571. The molecule has 0 atom stereocenters. The Morgan fingerprint density at radius 3 is 2.43 bits per heavy atom. The van der Waals surface area contributed by atoms with Gasteiger partial charge in [0.2, 0.25) is 10.0 Å². The highest BCUT2D eigenvalue weighted by Crippen LogP contribution is 2.31. The topological polar surface area (TPSA) is 70.8 Å². The third kappa shape index (κ3) is 3.46. The molecule has 1 aromatic heterocycles. The van der Waals surface area contributed by atoms with Crippen LogP contribution in [0, 0.1) is 12.8 Å². The number of aryl methyl sites for hydroxylation is 1. The highest BCUT2D eigenvalue weighted by Gasteiger charge is 2.29. The number of furan rings is 1. The van der Waals surface area contributed by atoms with Crippen molar-refractivity contribution in [1.82, 2.24) is 9.21 Å². The Hall–Kier alpha value is -1.86. The fourth-order valence-electron chi connectivity index (χ4n) is 4.17. The monoisotopic (exact) mass is 404 g/mol. The minimum Gasteiger partial charge on any atom is -0.451 e. The van der Waals surface area contributed by atoms with Gasteiger partial charge in [0, 0.05) is 37.1 Å². The molecular formula is C21H28N2O4S. The first kappa shape index (κ1) is 19.5. The van der Waals surface area contributed by atoms with E-state index in [4.69, 9.17) is 4.42 Å². The Bertz CT molecular complexity index is 981. The van der Waals surface area contributed by atoms with E-state index in [0.717, 1.165) is 45.2 Å². The molecular weight excluding hydrogens is 376 g/mol. The molecule has 0 saturated carbocycles. The van der Waals surface area contributed by atoms with Gasteiger partial charge in [-0.05, 0) is 56.7 Å². The molecule has 1 aromatic carbocycles. The smallest absolute Gasteiger partial charge is 0.289 e. The van der Waals surface area contributed by atoms with E-state index in [2.05, 4.69) is 6.92 Å². The molecule has 0 unspecified atom stereocenters. The first-order valence-electron chi connectivity index (χ1n) is 10.2. The summed E-state index contributed by atoms with van der Waals surface area (Å²) < 4.78 is 33.4. The van der Waals surface area contributed by atoms with Crippen molar-refractivity contribution in [3.8, 4) is 0 Å². The van der Waals surface area contributed by atoms with Gasteiger partial charge in [-0.15, -0.1) is 0 Å². The fourth-order valence-corrected chi connectivity index (χ4v) is 5.72. The summed E-state index contributed by atoms with van der Waals surface area (Å²) in [7, 11) is -3.51. The summed E-state index contributed by atoms with van der Waals surface area (Å²) in [6, 6.07) is 4.92. The van der Waals surface area contributed by atoms with Crippen LogP contribution in [-0.2, 0) is 10.0 Å². The number of carbonyl (C=O) groups is 1. The van der Waals surface area contributed by atoms with Gasteiger partial charge < -0.3 is 9.32 Å². The Balaban J connectivity index is 1.65. The molecule has 0 N–H and O–H groups in total. The molecule has 3 heterocycles. The first-order chi connectivity index (χ1) is 13.4. The number of hydrogen-bond acceptors (Lipinski definition) is 4. The van der Waals surface area contributed by atoms with Crippen molar-refractivity contribution < 1.29 is 17.6 Å².